The van der Waals surface area contributed by atoms with Gasteiger partial charge in [0.15, 0.2) is 0 Å². The van der Waals surface area contributed by atoms with Crippen LogP contribution in [0.25, 0.3) is 0 Å². The Hall–Kier alpha value is -1.56. The molecule has 0 aromatic heterocycles. The molecule has 0 heteroatoms. The Morgan fingerprint density at radius 2 is 0.926 bits per heavy atom. The van der Waals surface area contributed by atoms with Crippen molar-refractivity contribution in [2.24, 2.45) is 0 Å². The highest BCUT2D eigenvalue weighted by molar-refractivity contribution is 5.35. The first-order valence-corrected chi connectivity index (χ1v) is 10.7. The Balaban J connectivity index is 1.90. The Bertz CT molecular complexity index is 685. The van der Waals surface area contributed by atoms with Crippen molar-refractivity contribution in [2.45, 2.75) is 98.3 Å². The van der Waals surface area contributed by atoms with Gasteiger partial charge in [0, 0.05) is 0 Å². The summed E-state index contributed by atoms with van der Waals surface area (Å²) in [6.45, 7) is 18.3. The highest BCUT2D eigenvalue weighted by Gasteiger charge is 2.15. The van der Waals surface area contributed by atoms with Crippen LogP contribution in [0.2, 0.25) is 0 Å². The summed E-state index contributed by atoms with van der Waals surface area (Å²) < 4.78 is 0. The maximum absolute atomic E-state index is 2.44. The van der Waals surface area contributed by atoms with E-state index in [0.29, 0.717) is 0 Å². The van der Waals surface area contributed by atoms with Gasteiger partial charge in [-0.1, -0.05) is 84.4 Å². The van der Waals surface area contributed by atoms with E-state index < -0.39 is 0 Å². The van der Waals surface area contributed by atoms with E-state index in [0.717, 1.165) is 0 Å². The fourth-order valence-corrected chi connectivity index (χ4v) is 3.62. The van der Waals surface area contributed by atoms with Crippen molar-refractivity contribution in [3.63, 3.8) is 0 Å². The molecule has 2 aromatic rings. The van der Waals surface area contributed by atoms with E-state index in [4.69, 9.17) is 0 Å². The predicted molar refractivity (Wildman–Crippen MR) is 121 cm³/mol. The van der Waals surface area contributed by atoms with Crippen LogP contribution in [0.4, 0.5) is 0 Å². The third-order valence-electron chi connectivity index (χ3n) is 5.82. The zero-order valence-corrected chi connectivity index (χ0v) is 19.0. The van der Waals surface area contributed by atoms with Gasteiger partial charge in [-0.05, 0) is 83.7 Å². The fourth-order valence-electron chi connectivity index (χ4n) is 3.62. The third-order valence-corrected chi connectivity index (χ3v) is 5.82. The van der Waals surface area contributed by atoms with Crippen LogP contribution in [0.15, 0.2) is 36.4 Å². The lowest BCUT2D eigenvalue weighted by Gasteiger charge is -2.21. The molecular formula is C27H40. The predicted octanol–water partition coefficient (Wildman–Crippen LogP) is 7.85. The maximum atomic E-state index is 2.44. The molecule has 0 nitrogen and oxygen atoms in total. The molecule has 27 heavy (non-hydrogen) atoms. The van der Waals surface area contributed by atoms with Crippen LogP contribution >= 0.6 is 0 Å². The summed E-state index contributed by atoms with van der Waals surface area (Å²) in [5, 5.41) is 0. The Morgan fingerprint density at radius 3 is 1.26 bits per heavy atom. The second-order valence-corrected chi connectivity index (χ2v) is 10.3. The average molecular weight is 365 g/mol. The second-order valence-electron chi connectivity index (χ2n) is 10.3. The van der Waals surface area contributed by atoms with Crippen LogP contribution in [0.3, 0.4) is 0 Å². The van der Waals surface area contributed by atoms with Crippen molar-refractivity contribution < 1.29 is 0 Å². The van der Waals surface area contributed by atoms with E-state index >= 15 is 0 Å². The molecule has 0 aliphatic heterocycles. The SMILES string of the molecule is Cc1ccc(C(C)(C)C)cc1CCCCCc1cc(C(C)(C)C)ccc1C. The molecule has 0 radical (unpaired) electrons. The average Bonchev–Trinajstić information content (AvgIpc) is 2.55. The lowest BCUT2D eigenvalue weighted by Crippen LogP contribution is -2.12. The molecule has 148 valence electrons. The Kier molecular flexibility index (Phi) is 6.95. The molecular weight excluding hydrogens is 324 g/mol. The zero-order valence-electron chi connectivity index (χ0n) is 19.0. The number of hydrogen-bond acceptors (Lipinski definition) is 0. The van der Waals surface area contributed by atoms with E-state index in [1.165, 1.54) is 65.5 Å². The molecule has 0 spiro atoms. The summed E-state index contributed by atoms with van der Waals surface area (Å²) in [5.74, 6) is 0. The first-order chi connectivity index (χ1) is 12.5. The second kappa shape index (κ2) is 8.63. The van der Waals surface area contributed by atoms with Gasteiger partial charge in [0.1, 0.15) is 0 Å². The minimum atomic E-state index is 0.234. The molecule has 0 bridgehead atoms. The standard InChI is InChI=1S/C27H40/c1-20-14-16-24(26(3,4)5)18-22(20)12-10-9-11-13-23-19-25(27(6,7)8)17-15-21(23)2/h14-19H,9-13H2,1-8H3. The first-order valence-electron chi connectivity index (χ1n) is 10.7. The van der Waals surface area contributed by atoms with Crippen LogP contribution in [0.1, 0.15) is 94.2 Å². The molecule has 0 saturated carbocycles. The van der Waals surface area contributed by atoms with Crippen molar-refractivity contribution in [1.82, 2.24) is 0 Å². The van der Waals surface area contributed by atoms with Crippen LogP contribution in [-0.4, -0.2) is 0 Å². The van der Waals surface area contributed by atoms with E-state index in [1.54, 1.807) is 0 Å². The van der Waals surface area contributed by atoms with E-state index in [9.17, 15) is 0 Å². The first kappa shape index (κ1) is 21.7. The molecule has 0 aliphatic rings. The monoisotopic (exact) mass is 364 g/mol. The normalized spacial score (nSPS) is 12.4. The van der Waals surface area contributed by atoms with Crippen molar-refractivity contribution >= 4 is 0 Å². The molecule has 0 atom stereocenters. The van der Waals surface area contributed by atoms with E-state index in [-0.39, 0.29) is 10.8 Å². The summed E-state index contributed by atoms with van der Waals surface area (Å²) in [4.78, 5) is 0. The number of benzene rings is 2. The van der Waals surface area contributed by atoms with Crippen molar-refractivity contribution in [1.29, 1.82) is 0 Å². The van der Waals surface area contributed by atoms with Gasteiger partial charge in [-0.2, -0.15) is 0 Å². The van der Waals surface area contributed by atoms with Gasteiger partial charge < -0.3 is 0 Å². The molecule has 0 heterocycles. The van der Waals surface area contributed by atoms with Crippen molar-refractivity contribution in [3.05, 3.63) is 69.8 Å². The highest BCUT2D eigenvalue weighted by Crippen LogP contribution is 2.27. The van der Waals surface area contributed by atoms with Gasteiger partial charge in [0.25, 0.3) is 0 Å². The van der Waals surface area contributed by atoms with Gasteiger partial charge >= 0.3 is 0 Å². The highest BCUT2D eigenvalue weighted by atomic mass is 14.2. The van der Waals surface area contributed by atoms with Gasteiger partial charge in [-0.25, -0.2) is 0 Å². The van der Waals surface area contributed by atoms with Gasteiger partial charge in [-0.15, -0.1) is 0 Å². The maximum Gasteiger partial charge on any atom is -0.0132 e. The topological polar surface area (TPSA) is 0 Å². The molecule has 0 aliphatic carbocycles. The molecule has 0 unspecified atom stereocenters. The summed E-state index contributed by atoms with van der Waals surface area (Å²) in [5.41, 5.74) is 9.33. The fraction of sp³-hybridized carbons (Fsp3) is 0.556. The van der Waals surface area contributed by atoms with E-state index in [1.807, 2.05) is 0 Å². The van der Waals surface area contributed by atoms with Crippen LogP contribution in [0.5, 0.6) is 0 Å². The summed E-state index contributed by atoms with van der Waals surface area (Å²) in [6.07, 6.45) is 6.28. The smallest absolute Gasteiger partial charge is 0.0132 e. The van der Waals surface area contributed by atoms with Crippen LogP contribution < -0.4 is 0 Å². The minimum absolute atomic E-state index is 0.234. The van der Waals surface area contributed by atoms with E-state index in [2.05, 4.69) is 91.8 Å². The molecule has 0 N–H and O–H groups in total. The summed E-state index contributed by atoms with van der Waals surface area (Å²) in [7, 11) is 0. The lowest BCUT2D eigenvalue weighted by atomic mass is 9.84. The molecule has 0 saturated heterocycles. The van der Waals surface area contributed by atoms with Crippen molar-refractivity contribution in [3.8, 4) is 0 Å². The zero-order chi connectivity index (χ0) is 20.2. The largest absolute Gasteiger partial charge is 0.0588 e. The quantitative estimate of drug-likeness (QED) is 0.458. The van der Waals surface area contributed by atoms with Gasteiger partial charge in [0.05, 0.1) is 0 Å². The van der Waals surface area contributed by atoms with Crippen LogP contribution in [-0.2, 0) is 23.7 Å². The molecule has 2 aromatic carbocycles. The number of unbranched alkanes of at least 4 members (excludes halogenated alkanes) is 2. The lowest BCUT2D eigenvalue weighted by molar-refractivity contribution is 0.587. The Labute approximate surface area is 168 Å². The molecule has 0 amide bonds. The number of aryl methyl sites for hydroxylation is 4. The number of hydrogen-bond donors (Lipinski definition) is 0. The van der Waals surface area contributed by atoms with Gasteiger partial charge in [-0.3, -0.25) is 0 Å². The minimum Gasteiger partial charge on any atom is -0.0588 e. The van der Waals surface area contributed by atoms with Crippen molar-refractivity contribution in [2.75, 3.05) is 0 Å². The Morgan fingerprint density at radius 1 is 0.556 bits per heavy atom. The van der Waals surface area contributed by atoms with Crippen LogP contribution in [0, 0.1) is 13.8 Å². The summed E-state index contributed by atoms with van der Waals surface area (Å²) >= 11 is 0. The number of rotatable bonds is 6. The van der Waals surface area contributed by atoms with Gasteiger partial charge in [0.2, 0.25) is 0 Å². The summed E-state index contributed by atoms with van der Waals surface area (Å²) in [6, 6.07) is 14.1. The molecule has 0 fully saturated rings. The third kappa shape index (κ3) is 6.23. The molecule has 2 rings (SSSR count).